The van der Waals surface area contributed by atoms with Gasteiger partial charge in [0.1, 0.15) is 0 Å². The zero-order chi connectivity index (χ0) is 10.3. The van der Waals surface area contributed by atoms with E-state index < -0.39 is 0 Å². The van der Waals surface area contributed by atoms with E-state index >= 15 is 0 Å². The summed E-state index contributed by atoms with van der Waals surface area (Å²) in [4.78, 5) is 11.2. The molecule has 1 aliphatic rings. The van der Waals surface area contributed by atoms with Crippen molar-refractivity contribution in [3.8, 4) is 0 Å². The van der Waals surface area contributed by atoms with Gasteiger partial charge in [-0.05, 0) is 43.0 Å². The minimum atomic E-state index is 0.0994. The highest BCUT2D eigenvalue weighted by Gasteiger charge is 2.18. The van der Waals surface area contributed by atoms with Crippen LogP contribution in [-0.2, 0) is 11.2 Å². The molecule has 0 unspecified atom stereocenters. The van der Waals surface area contributed by atoms with Gasteiger partial charge in [-0.2, -0.15) is 0 Å². The summed E-state index contributed by atoms with van der Waals surface area (Å²) in [6, 6.07) is 1.96. The van der Waals surface area contributed by atoms with E-state index in [4.69, 9.17) is 11.6 Å². The first-order valence-electron chi connectivity index (χ1n) is 4.68. The summed E-state index contributed by atoms with van der Waals surface area (Å²) in [7, 11) is 0. The number of amides is 1. The molecular formula is C11H12ClNO. The van der Waals surface area contributed by atoms with Gasteiger partial charge in [-0.25, -0.2) is 0 Å². The maximum absolute atomic E-state index is 11.2. The standard InChI is InChI=1S/C11H12ClNO/c1-6-7(2)11-8(5-9(6)12)3-4-10(14)13-11/h5H,3-4H2,1-2H3,(H,13,14). The summed E-state index contributed by atoms with van der Waals surface area (Å²) in [5.74, 6) is 0.0994. The number of carbonyl (C=O) groups excluding carboxylic acids is 1. The zero-order valence-electron chi connectivity index (χ0n) is 8.28. The molecule has 1 amide bonds. The normalized spacial score (nSPS) is 14.9. The third-order valence-corrected chi connectivity index (χ3v) is 3.20. The molecule has 0 fully saturated rings. The van der Waals surface area contributed by atoms with E-state index in [1.807, 2.05) is 19.9 Å². The summed E-state index contributed by atoms with van der Waals surface area (Å²) in [5.41, 5.74) is 4.24. The molecular weight excluding hydrogens is 198 g/mol. The van der Waals surface area contributed by atoms with Gasteiger partial charge in [0.25, 0.3) is 0 Å². The summed E-state index contributed by atoms with van der Waals surface area (Å²) < 4.78 is 0. The molecule has 1 heterocycles. The average molecular weight is 210 g/mol. The van der Waals surface area contributed by atoms with Crippen LogP contribution in [0, 0.1) is 13.8 Å². The number of fused-ring (bicyclic) bond motifs is 1. The van der Waals surface area contributed by atoms with Gasteiger partial charge in [0.15, 0.2) is 0 Å². The summed E-state index contributed by atoms with van der Waals surface area (Å²) in [6.07, 6.45) is 1.35. The minimum Gasteiger partial charge on any atom is -0.326 e. The van der Waals surface area contributed by atoms with Gasteiger partial charge in [-0.1, -0.05) is 11.6 Å². The third kappa shape index (κ3) is 1.40. The predicted octanol–water partition coefficient (Wildman–Crippen LogP) is 2.84. The second-order valence-corrected chi connectivity index (χ2v) is 4.10. The Morgan fingerprint density at radius 2 is 2.00 bits per heavy atom. The molecule has 14 heavy (non-hydrogen) atoms. The number of rotatable bonds is 0. The van der Waals surface area contributed by atoms with Crippen molar-refractivity contribution in [2.45, 2.75) is 26.7 Å². The van der Waals surface area contributed by atoms with Crippen molar-refractivity contribution in [2.24, 2.45) is 0 Å². The molecule has 0 aromatic heterocycles. The van der Waals surface area contributed by atoms with Gasteiger partial charge in [0, 0.05) is 17.1 Å². The lowest BCUT2D eigenvalue weighted by Crippen LogP contribution is -2.20. The fraction of sp³-hybridized carbons (Fsp3) is 0.364. The lowest BCUT2D eigenvalue weighted by Gasteiger charge is -2.21. The number of carbonyl (C=O) groups is 1. The van der Waals surface area contributed by atoms with E-state index in [2.05, 4.69) is 5.32 Å². The largest absolute Gasteiger partial charge is 0.326 e. The molecule has 1 aliphatic heterocycles. The van der Waals surface area contributed by atoms with E-state index in [0.717, 1.165) is 33.8 Å². The number of hydrogen-bond donors (Lipinski definition) is 1. The first-order valence-corrected chi connectivity index (χ1v) is 5.06. The van der Waals surface area contributed by atoms with Crippen LogP contribution in [0.1, 0.15) is 23.1 Å². The Balaban J connectivity index is 2.60. The van der Waals surface area contributed by atoms with Crippen molar-refractivity contribution >= 4 is 23.2 Å². The smallest absolute Gasteiger partial charge is 0.224 e. The molecule has 2 rings (SSSR count). The number of nitrogens with one attached hydrogen (secondary N) is 1. The number of anilines is 1. The molecule has 0 atom stereocenters. The molecule has 1 aromatic carbocycles. The molecule has 74 valence electrons. The van der Waals surface area contributed by atoms with Crippen LogP contribution in [0.2, 0.25) is 5.02 Å². The highest BCUT2D eigenvalue weighted by atomic mass is 35.5. The first-order chi connectivity index (χ1) is 6.59. The maximum atomic E-state index is 11.2. The molecule has 0 bridgehead atoms. The lowest BCUT2D eigenvalue weighted by molar-refractivity contribution is -0.116. The average Bonchev–Trinajstić information content (AvgIpc) is 2.16. The highest BCUT2D eigenvalue weighted by molar-refractivity contribution is 6.31. The Bertz CT molecular complexity index is 412. The lowest BCUT2D eigenvalue weighted by atomic mass is 9.96. The number of aryl methyl sites for hydroxylation is 1. The fourth-order valence-electron chi connectivity index (χ4n) is 1.76. The van der Waals surface area contributed by atoms with Crippen LogP contribution in [-0.4, -0.2) is 5.91 Å². The summed E-state index contributed by atoms with van der Waals surface area (Å²) in [5, 5.41) is 3.69. The second kappa shape index (κ2) is 3.28. The Kier molecular flexibility index (Phi) is 2.23. The monoisotopic (exact) mass is 209 g/mol. The van der Waals surface area contributed by atoms with Gasteiger partial charge < -0.3 is 5.32 Å². The van der Waals surface area contributed by atoms with Crippen LogP contribution in [0.4, 0.5) is 5.69 Å². The molecule has 3 heteroatoms. The van der Waals surface area contributed by atoms with Crippen molar-refractivity contribution in [3.05, 3.63) is 27.8 Å². The molecule has 1 aromatic rings. The van der Waals surface area contributed by atoms with Crippen molar-refractivity contribution < 1.29 is 4.79 Å². The Hall–Kier alpha value is -1.02. The Labute approximate surface area is 88.3 Å². The van der Waals surface area contributed by atoms with Crippen LogP contribution in [0.3, 0.4) is 0 Å². The van der Waals surface area contributed by atoms with Gasteiger partial charge in [0.2, 0.25) is 5.91 Å². The SMILES string of the molecule is Cc1c(Cl)cc2c(c1C)NC(=O)CC2. The summed E-state index contributed by atoms with van der Waals surface area (Å²) >= 11 is 6.07. The van der Waals surface area contributed by atoms with E-state index in [1.165, 1.54) is 0 Å². The van der Waals surface area contributed by atoms with E-state index in [1.54, 1.807) is 0 Å². The van der Waals surface area contributed by atoms with Crippen molar-refractivity contribution in [2.75, 3.05) is 5.32 Å². The fourth-order valence-corrected chi connectivity index (χ4v) is 2.04. The quantitative estimate of drug-likeness (QED) is 0.700. The van der Waals surface area contributed by atoms with Gasteiger partial charge in [-0.15, -0.1) is 0 Å². The van der Waals surface area contributed by atoms with Crippen molar-refractivity contribution in [1.29, 1.82) is 0 Å². The molecule has 0 saturated heterocycles. The van der Waals surface area contributed by atoms with E-state index in [9.17, 15) is 4.79 Å². The number of halogens is 1. The topological polar surface area (TPSA) is 29.1 Å². The number of benzene rings is 1. The zero-order valence-corrected chi connectivity index (χ0v) is 9.03. The van der Waals surface area contributed by atoms with Crippen LogP contribution in [0.25, 0.3) is 0 Å². The van der Waals surface area contributed by atoms with Gasteiger partial charge in [-0.3, -0.25) is 4.79 Å². The van der Waals surface area contributed by atoms with Crippen molar-refractivity contribution in [1.82, 2.24) is 0 Å². The minimum absolute atomic E-state index is 0.0994. The first kappa shape index (κ1) is 9.53. The Morgan fingerprint density at radius 1 is 1.29 bits per heavy atom. The Morgan fingerprint density at radius 3 is 2.71 bits per heavy atom. The van der Waals surface area contributed by atoms with Gasteiger partial charge >= 0.3 is 0 Å². The third-order valence-electron chi connectivity index (χ3n) is 2.80. The molecule has 0 saturated carbocycles. The molecule has 2 nitrogen and oxygen atoms in total. The van der Waals surface area contributed by atoms with Crippen molar-refractivity contribution in [3.63, 3.8) is 0 Å². The van der Waals surface area contributed by atoms with E-state index in [0.29, 0.717) is 6.42 Å². The molecule has 0 radical (unpaired) electrons. The second-order valence-electron chi connectivity index (χ2n) is 3.69. The number of hydrogen-bond acceptors (Lipinski definition) is 1. The van der Waals surface area contributed by atoms with E-state index in [-0.39, 0.29) is 5.91 Å². The molecule has 0 aliphatic carbocycles. The molecule has 1 N–H and O–H groups in total. The van der Waals surface area contributed by atoms with Crippen LogP contribution in [0.5, 0.6) is 0 Å². The molecule has 0 spiro atoms. The predicted molar refractivity (Wildman–Crippen MR) is 57.9 cm³/mol. The van der Waals surface area contributed by atoms with Gasteiger partial charge in [0.05, 0.1) is 0 Å². The van der Waals surface area contributed by atoms with Crippen LogP contribution >= 0.6 is 11.6 Å². The van der Waals surface area contributed by atoms with Crippen LogP contribution in [0.15, 0.2) is 6.07 Å². The maximum Gasteiger partial charge on any atom is 0.224 e. The summed E-state index contributed by atoms with van der Waals surface area (Å²) in [6.45, 7) is 3.96. The highest BCUT2D eigenvalue weighted by Crippen LogP contribution is 2.32. The van der Waals surface area contributed by atoms with Crippen LogP contribution < -0.4 is 5.32 Å².